The number of sulfone groups is 1. The largest absolute Gasteiger partial charge is 0.439 e. The number of nitrogens with zero attached hydrogens (tertiary/aromatic N) is 2. The van der Waals surface area contributed by atoms with E-state index in [-0.39, 0.29) is 10.2 Å². The van der Waals surface area contributed by atoms with Crippen LogP contribution in [0.2, 0.25) is 5.28 Å². The van der Waals surface area contributed by atoms with E-state index in [0.29, 0.717) is 17.3 Å². The number of aryl methyl sites for hydroxylation is 1. The Bertz CT molecular complexity index is 679. The summed E-state index contributed by atoms with van der Waals surface area (Å²) in [5.41, 5.74) is 0.683. The monoisotopic (exact) mass is 298 g/mol. The molecule has 0 fully saturated rings. The average Bonchev–Trinajstić information content (AvgIpc) is 2.26. The number of ether oxygens (including phenoxy) is 1. The quantitative estimate of drug-likeness (QED) is 0.815. The van der Waals surface area contributed by atoms with Gasteiger partial charge in [-0.1, -0.05) is 0 Å². The van der Waals surface area contributed by atoms with Crippen molar-refractivity contribution < 1.29 is 13.2 Å². The Morgan fingerprint density at radius 2 is 1.79 bits per heavy atom. The Labute approximate surface area is 116 Å². The van der Waals surface area contributed by atoms with Crippen LogP contribution in [0.25, 0.3) is 0 Å². The topological polar surface area (TPSA) is 69.2 Å². The molecule has 0 radical (unpaired) electrons. The highest BCUT2D eigenvalue weighted by molar-refractivity contribution is 7.90. The predicted octanol–water partition coefficient (Wildman–Crippen LogP) is 2.63. The molecule has 0 bridgehead atoms. The molecule has 7 heteroatoms. The zero-order chi connectivity index (χ0) is 14.0. The van der Waals surface area contributed by atoms with Gasteiger partial charge in [-0.15, -0.1) is 0 Å². The van der Waals surface area contributed by atoms with E-state index in [1.54, 1.807) is 25.1 Å². The summed E-state index contributed by atoms with van der Waals surface area (Å²) in [6.45, 7) is 1.77. The lowest BCUT2D eigenvalue weighted by Crippen LogP contribution is -1.97. The molecule has 100 valence electrons. The van der Waals surface area contributed by atoms with Gasteiger partial charge in [0, 0.05) is 18.0 Å². The summed E-state index contributed by atoms with van der Waals surface area (Å²) in [7, 11) is -3.21. The molecular weight excluding hydrogens is 288 g/mol. The van der Waals surface area contributed by atoms with Crippen LogP contribution in [0, 0.1) is 6.92 Å². The lowest BCUT2D eigenvalue weighted by atomic mass is 10.3. The lowest BCUT2D eigenvalue weighted by Gasteiger charge is -2.06. The molecular formula is C12H11ClN2O3S. The van der Waals surface area contributed by atoms with E-state index in [9.17, 15) is 8.42 Å². The average molecular weight is 299 g/mol. The first-order chi connectivity index (χ1) is 8.84. The van der Waals surface area contributed by atoms with Crippen LogP contribution in [0.5, 0.6) is 11.6 Å². The number of hydrogen-bond acceptors (Lipinski definition) is 5. The fourth-order valence-electron chi connectivity index (χ4n) is 1.43. The van der Waals surface area contributed by atoms with Crippen molar-refractivity contribution >= 4 is 21.4 Å². The lowest BCUT2D eigenvalue weighted by molar-refractivity contribution is 0.460. The Hall–Kier alpha value is -1.66. The van der Waals surface area contributed by atoms with Gasteiger partial charge in [-0.05, 0) is 42.8 Å². The van der Waals surface area contributed by atoms with Gasteiger partial charge in [-0.25, -0.2) is 13.4 Å². The number of rotatable bonds is 3. The van der Waals surface area contributed by atoms with E-state index in [1.807, 2.05) is 0 Å². The first-order valence-electron chi connectivity index (χ1n) is 5.34. The number of aromatic nitrogens is 2. The van der Waals surface area contributed by atoms with Gasteiger partial charge >= 0.3 is 0 Å². The highest BCUT2D eigenvalue weighted by Gasteiger charge is 2.07. The Kier molecular flexibility index (Phi) is 3.73. The molecule has 2 aromatic rings. The molecule has 2 rings (SSSR count). The SMILES string of the molecule is Cc1cc(Oc2ccc(S(C)(=O)=O)cc2)nc(Cl)n1. The second-order valence-electron chi connectivity index (χ2n) is 3.96. The molecule has 0 unspecified atom stereocenters. The van der Waals surface area contributed by atoms with Crippen LogP contribution in [-0.2, 0) is 9.84 Å². The van der Waals surface area contributed by atoms with Gasteiger partial charge < -0.3 is 4.74 Å². The molecule has 0 spiro atoms. The van der Waals surface area contributed by atoms with Gasteiger partial charge in [-0.3, -0.25) is 0 Å². The summed E-state index contributed by atoms with van der Waals surface area (Å²) in [6.07, 6.45) is 1.15. The van der Waals surface area contributed by atoms with E-state index < -0.39 is 9.84 Å². The molecule has 0 N–H and O–H groups in total. The predicted molar refractivity (Wildman–Crippen MR) is 71.4 cm³/mol. The second kappa shape index (κ2) is 5.14. The molecule has 0 saturated carbocycles. The smallest absolute Gasteiger partial charge is 0.225 e. The third-order valence-corrected chi connectivity index (χ3v) is 3.58. The normalized spacial score (nSPS) is 11.3. The summed E-state index contributed by atoms with van der Waals surface area (Å²) < 4.78 is 28.1. The molecule has 1 heterocycles. The first-order valence-corrected chi connectivity index (χ1v) is 7.61. The molecule has 0 atom stereocenters. The van der Waals surface area contributed by atoms with Crippen LogP contribution in [0.3, 0.4) is 0 Å². The molecule has 5 nitrogen and oxygen atoms in total. The van der Waals surface area contributed by atoms with Gasteiger partial charge in [0.2, 0.25) is 11.2 Å². The van der Waals surface area contributed by atoms with Gasteiger partial charge in [-0.2, -0.15) is 4.98 Å². The molecule has 1 aromatic carbocycles. The maximum atomic E-state index is 11.3. The summed E-state index contributed by atoms with van der Waals surface area (Å²) in [6, 6.07) is 7.69. The van der Waals surface area contributed by atoms with E-state index in [0.717, 1.165) is 6.26 Å². The summed E-state index contributed by atoms with van der Waals surface area (Å²) in [5, 5.41) is 0.0998. The van der Waals surface area contributed by atoms with E-state index in [2.05, 4.69) is 9.97 Å². The van der Waals surface area contributed by atoms with Crippen LogP contribution < -0.4 is 4.74 Å². The number of hydrogen-bond donors (Lipinski definition) is 0. The van der Waals surface area contributed by atoms with E-state index in [4.69, 9.17) is 16.3 Å². The summed E-state index contributed by atoms with van der Waals surface area (Å²) >= 11 is 5.72. The number of halogens is 1. The Morgan fingerprint density at radius 1 is 1.16 bits per heavy atom. The minimum atomic E-state index is -3.21. The van der Waals surface area contributed by atoms with Crippen molar-refractivity contribution in [2.75, 3.05) is 6.26 Å². The minimum Gasteiger partial charge on any atom is -0.439 e. The molecule has 0 aliphatic heterocycles. The Balaban J connectivity index is 2.24. The number of benzene rings is 1. The van der Waals surface area contributed by atoms with Gasteiger partial charge in [0.25, 0.3) is 0 Å². The van der Waals surface area contributed by atoms with Gasteiger partial charge in [0.15, 0.2) is 9.84 Å². The van der Waals surface area contributed by atoms with E-state index in [1.165, 1.54) is 12.1 Å². The van der Waals surface area contributed by atoms with E-state index >= 15 is 0 Å². The molecule has 1 aromatic heterocycles. The van der Waals surface area contributed by atoms with Crippen LogP contribution in [0.4, 0.5) is 0 Å². The maximum Gasteiger partial charge on any atom is 0.225 e. The third kappa shape index (κ3) is 3.65. The fraction of sp³-hybridized carbons (Fsp3) is 0.167. The zero-order valence-corrected chi connectivity index (χ0v) is 11.9. The van der Waals surface area contributed by atoms with Crippen LogP contribution in [0.1, 0.15) is 5.69 Å². The summed E-state index contributed by atoms with van der Waals surface area (Å²) in [4.78, 5) is 8.06. The molecule has 0 aliphatic carbocycles. The van der Waals surface area contributed by atoms with Crippen molar-refractivity contribution in [1.29, 1.82) is 0 Å². The Morgan fingerprint density at radius 3 is 2.32 bits per heavy atom. The minimum absolute atomic E-state index is 0.0998. The standard InChI is InChI=1S/C12H11ClN2O3S/c1-8-7-11(15-12(13)14-8)18-9-3-5-10(6-4-9)19(2,16)17/h3-7H,1-2H3. The molecule has 0 saturated heterocycles. The first kappa shape index (κ1) is 13.8. The van der Waals surface area contributed by atoms with Crippen molar-refractivity contribution in [3.63, 3.8) is 0 Å². The van der Waals surface area contributed by atoms with Crippen molar-refractivity contribution in [2.24, 2.45) is 0 Å². The highest BCUT2D eigenvalue weighted by Crippen LogP contribution is 2.22. The fourth-order valence-corrected chi connectivity index (χ4v) is 2.28. The van der Waals surface area contributed by atoms with Crippen molar-refractivity contribution in [3.8, 4) is 11.6 Å². The molecule has 19 heavy (non-hydrogen) atoms. The maximum absolute atomic E-state index is 11.3. The highest BCUT2D eigenvalue weighted by atomic mass is 35.5. The van der Waals surface area contributed by atoms with Crippen LogP contribution in [-0.4, -0.2) is 24.6 Å². The third-order valence-electron chi connectivity index (χ3n) is 2.28. The zero-order valence-electron chi connectivity index (χ0n) is 10.3. The second-order valence-corrected chi connectivity index (χ2v) is 6.32. The molecule has 0 aliphatic rings. The van der Waals surface area contributed by atoms with Crippen molar-refractivity contribution in [2.45, 2.75) is 11.8 Å². The van der Waals surface area contributed by atoms with Crippen LogP contribution in [0.15, 0.2) is 35.2 Å². The van der Waals surface area contributed by atoms with Crippen LogP contribution >= 0.6 is 11.6 Å². The van der Waals surface area contributed by atoms with Gasteiger partial charge in [0.05, 0.1) is 4.90 Å². The van der Waals surface area contributed by atoms with Gasteiger partial charge in [0.1, 0.15) is 5.75 Å². The molecule has 0 amide bonds. The van der Waals surface area contributed by atoms with Crippen molar-refractivity contribution in [3.05, 3.63) is 41.3 Å². The van der Waals surface area contributed by atoms with Crippen molar-refractivity contribution in [1.82, 2.24) is 9.97 Å². The summed E-state index contributed by atoms with van der Waals surface area (Å²) in [5.74, 6) is 0.783.